The van der Waals surface area contributed by atoms with Gasteiger partial charge in [-0.1, -0.05) is 17.7 Å². The highest BCUT2D eigenvalue weighted by atomic mass is 16.5. The number of hydrogen-bond donors (Lipinski definition) is 1. The minimum atomic E-state index is -0.638. The molecule has 0 radical (unpaired) electrons. The summed E-state index contributed by atoms with van der Waals surface area (Å²) in [5.74, 6) is 0.871. The van der Waals surface area contributed by atoms with Crippen LogP contribution >= 0.6 is 0 Å². The predicted molar refractivity (Wildman–Crippen MR) is 132 cm³/mol. The molecule has 0 spiro atoms. The van der Waals surface area contributed by atoms with Crippen molar-refractivity contribution in [2.24, 2.45) is 11.8 Å². The molecular weight excluding hydrogens is 414 g/mol. The fraction of sp³-hybridized carbons (Fsp3) is 0.679. The number of piperidine rings is 1. The smallest absolute Gasteiger partial charge is 0.306 e. The van der Waals surface area contributed by atoms with Gasteiger partial charge in [0.05, 0.1) is 24.2 Å². The minimum absolute atomic E-state index is 0.0536. The Labute approximate surface area is 199 Å². The zero-order chi connectivity index (χ0) is 23.4. The maximum Gasteiger partial charge on any atom is 0.306 e. The molecule has 0 unspecified atom stereocenters. The summed E-state index contributed by atoms with van der Waals surface area (Å²) in [5, 5.41) is 9.20. The molecule has 182 valence electrons. The largest absolute Gasteiger partial charge is 0.490 e. The topological polar surface area (TPSA) is 59.0 Å². The van der Waals surface area contributed by atoms with Crippen molar-refractivity contribution in [3.8, 4) is 5.75 Å². The third-order valence-corrected chi connectivity index (χ3v) is 7.40. The summed E-state index contributed by atoms with van der Waals surface area (Å²) < 4.78 is 12.4. The molecule has 4 rings (SSSR count). The zero-order valence-corrected chi connectivity index (χ0v) is 20.6. The highest BCUT2D eigenvalue weighted by molar-refractivity contribution is 5.70. The number of rotatable bonds is 7. The van der Waals surface area contributed by atoms with Crippen molar-refractivity contribution in [1.29, 1.82) is 0 Å². The number of carbonyl (C=O) groups is 1. The maximum atomic E-state index is 11.2. The van der Waals surface area contributed by atoms with Crippen LogP contribution in [0.1, 0.15) is 76.8 Å². The van der Waals surface area contributed by atoms with Crippen LogP contribution in [0.3, 0.4) is 0 Å². The summed E-state index contributed by atoms with van der Waals surface area (Å²) in [6, 6.07) is 6.59. The van der Waals surface area contributed by atoms with Gasteiger partial charge in [-0.25, -0.2) is 0 Å². The first-order chi connectivity index (χ1) is 15.7. The van der Waals surface area contributed by atoms with Crippen molar-refractivity contribution in [3.05, 3.63) is 34.9 Å². The fourth-order valence-corrected chi connectivity index (χ4v) is 5.33. The molecular formula is C28H41NO4. The molecule has 33 heavy (non-hydrogen) atoms. The second-order valence-electron chi connectivity index (χ2n) is 11.2. The first-order valence-corrected chi connectivity index (χ1v) is 12.8. The summed E-state index contributed by atoms with van der Waals surface area (Å²) in [6.45, 7) is 9.98. The maximum absolute atomic E-state index is 11.2. The normalized spacial score (nSPS) is 24.8. The Kier molecular flexibility index (Phi) is 7.80. The molecule has 1 saturated heterocycles. The van der Waals surface area contributed by atoms with Crippen molar-refractivity contribution in [1.82, 2.24) is 4.90 Å². The number of carboxylic acids is 1. The lowest BCUT2D eigenvalue weighted by Crippen LogP contribution is -2.37. The van der Waals surface area contributed by atoms with Crippen molar-refractivity contribution in [3.63, 3.8) is 0 Å². The number of ether oxygens (including phenoxy) is 2. The number of carboxylic acid groups (broad SMARTS) is 1. The highest BCUT2D eigenvalue weighted by Gasteiger charge is 2.26. The van der Waals surface area contributed by atoms with E-state index in [2.05, 4.69) is 49.9 Å². The van der Waals surface area contributed by atoms with Gasteiger partial charge in [-0.05, 0) is 114 Å². The number of aryl methyl sites for hydroxylation is 1. The van der Waals surface area contributed by atoms with Gasteiger partial charge in [0, 0.05) is 6.54 Å². The quantitative estimate of drug-likeness (QED) is 0.583. The molecule has 1 saturated carbocycles. The van der Waals surface area contributed by atoms with E-state index in [4.69, 9.17) is 9.47 Å². The molecule has 1 aromatic rings. The average molecular weight is 456 g/mol. The Morgan fingerprint density at radius 2 is 1.79 bits per heavy atom. The van der Waals surface area contributed by atoms with Crippen LogP contribution in [0.5, 0.6) is 5.75 Å². The van der Waals surface area contributed by atoms with Crippen molar-refractivity contribution >= 4 is 12.0 Å². The average Bonchev–Trinajstić information content (AvgIpc) is 2.78. The molecule has 2 fully saturated rings. The first-order valence-electron chi connectivity index (χ1n) is 12.8. The van der Waals surface area contributed by atoms with E-state index < -0.39 is 5.97 Å². The molecule has 5 nitrogen and oxygen atoms in total. The van der Waals surface area contributed by atoms with Gasteiger partial charge in [0.2, 0.25) is 0 Å². The molecule has 2 aliphatic carbocycles. The van der Waals surface area contributed by atoms with Gasteiger partial charge < -0.3 is 14.6 Å². The van der Waals surface area contributed by atoms with E-state index in [-0.39, 0.29) is 11.5 Å². The van der Waals surface area contributed by atoms with E-state index in [0.717, 1.165) is 70.5 Å². The molecule has 0 bridgehead atoms. The van der Waals surface area contributed by atoms with Gasteiger partial charge in [0.15, 0.2) is 0 Å². The van der Waals surface area contributed by atoms with E-state index in [1.54, 1.807) is 0 Å². The van der Waals surface area contributed by atoms with Gasteiger partial charge >= 0.3 is 5.97 Å². The number of benzene rings is 1. The third kappa shape index (κ3) is 7.07. The Bertz CT molecular complexity index is 840. The van der Waals surface area contributed by atoms with E-state index in [1.807, 2.05) is 0 Å². The number of nitrogens with zero attached hydrogens (tertiary/aromatic N) is 1. The number of aliphatic carboxylic acids is 1. The van der Waals surface area contributed by atoms with Gasteiger partial charge in [-0.3, -0.25) is 9.69 Å². The van der Waals surface area contributed by atoms with Gasteiger partial charge in [-0.2, -0.15) is 0 Å². The van der Waals surface area contributed by atoms with Crippen molar-refractivity contribution in [2.75, 3.05) is 26.2 Å². The Balaban J connectivity index is 1.25. The van der Waals surface area contributed by atoms with Crippen LogP contribution in [0.4, 0.5) is 0 Å². The van der Waals surface area contributed by atoms with Crippen LogP contribution in [-0.2, 0) is 16.0 Å². The van der Waals surface area contributed by atoms with E-state index in [9.17, 15) is 9.90 Å². The number of hydrogen-bond acceptors (Lipinski definition) is 4. The summed E-state index contributed by atoms with van der Waals surface area (Å²) in [6.07, 6.45) is 10.9. The summed E-state index contributed by atoms with van der Waals surface area (Å²) in [7, 11) is 0. The Morgan fingerprint density at radius 1 is 1.06 bits per heavy atom. The molecule has 1 N–H and O–H groups in total. The Hall–Kier alpha value is -1.85. The van der Waals surface area contributed by atoms with Crippen LogP contribution in [0.2, 0.25) is 0 Å². The van der Waals surface area contributed by atoms with Crippen LogP contribution < -0.4 is 4.74 Å². The number of likely N-dealkylation sites (tertiary alicyclic amines) is 1. The van der Waals surface area contributed by atoms with Crippen LogP contribution in [0, 0.1) is 11.8 Å². The molecule has 3 aliphatic rings. The molecule has 5 heteroatoms. The van der Waals surface area contributed by atoms with Gasteiger partial charge in [0.25, 0.3) is 0 Å². The summed E-state index contributed by atoms with van der Waals surface area (Å²) in [5.41, 5.74) is 4.10. The van der Waals surface area contributed by atoms with Gasteiger partial charge in [-0.15, -0.1) is 0 Å². The van der Waals surface area contributed by atoms with Crippen molar-refractivity contribution in [2.45, 2.75) is 83.8 Å². The zero-order valence-electron chi connectivity index (χ0n) is 20.6. The molecule has 1 aromatic carbocycles. The second kappa shape index (κ2) is 10.6. The van der Waals surface area contributed by atoms with Crippen molar-refractivity contribution < 1.29 is 19.4 Å². The highest BCUT2D eigenvalue weighted by Crippen LogP contribution is 2.32. The first kappa shape index (κ1) is 24.3. The molecule has 0 amide bonds. The van der Waals surface area contributed by atoms with Crippen LogP contribution in [-0.4, -0.2) is 53.9 Å². The van der Waals surface area contributed by atoms with Gasteiger partial charge in [0.1, 0.15) is 5.75 Å². The molecule has 1 heterocycles. The lowest BCUT2D eigenvalue weighted by atomic mass is 9.87. The predicted octanol–water partition coefficient (Wildman–Crippen LogP) is 5.57. The summed E-state index contributed by atoms with van der Waals surface area (Å²) in [4.78, 5) is 13.6. The fourth-order valence-electron chi connectivity index (χ4n) is 5.33. The lowest BCUT2D eigenvalue weighted by Gasteiger charge is -2.32. The molecule has 0 aromatic heterocycles. The molecule has 0 atom stereocenters. The lowest BCUT2D eigenvalue weighted by molar-refractivity contribution is -0.143. The van der Waals surface area contributed by atoms with E-state index in [1.165, 1.54) is 29.5 Å². The summed E-state index contributed by atoms with van der Waals surface area (Å²) >= 11 is 0. The minimum Gasteiger partial charge on any atom is -0.490 e. The number of fused-ring (bicyclic) bond motifs is 1. The third-order valence-electron chi connectivity index (χ3n) is 7.40. The standard InChI is InChI=1S/C28H41NO4/c1-28(2,3)32-19-20-5-9-25(10-6-20)33-26-11-8-23-16-21(4-7-24(23)17-26)18-29-14-12-22(13-15-29)27(30)31/h8,11,16-17,20,22,25H,4-7,9-10,12-15,18-19H2,1-3H3,(H,30,31). The van der Waals surface area contributed by atoms with E-state index >= 15 is 0 Å². The van der Waals surface area contributed by atoms with E-state index in [0.29, 0.717) is 12.0 Å². The van der Waals surface area contributed by atoms with Crippen LogP contribution in [0.15, 0.2) is 23.8 Å². The second-order valence-corrected chi connectivity index (χ2v) is 11.2. The monoisotopic (exact) mass is 455 g/mol. The van der Waals surface area contributed by atoms with Crippen LogP contribution in [0.25, 0.3) is 6.08 Å². The molecule has 1 aliphatic heterocycles. The Morgan fingerprint density at radius 3 is 2.45 bits per heavy atom. The SMILES string of the molecule is CC(C)(C)OCC1CCC(Oc2ccc3c(c2)CCC(CN2CCC(C(=O)O)CC2)=C3)CC1.